The molecule has 0 fully saturated rings. The first-order valence-electron chi connectivity index (χ1n) is 12.7. The SMILES string of the molecule is Cc1c(C)n(Cc2ccc(-c3ccccc3C(=O)O)cc2)c2ccc(C(=O)N[C@@H](C)c3ccc(Cl)nc3)cc12. The number of rotatable bonds is 7. The van der Waals surface area contributed by atoms with Gasteiger partial charge in [0.15, 0.2) is 0 Å². The summed E-state index contributed by atoms with van der Waals surface area (Å²) >= 11 is 5.88. The van der Waals surface area contributed by atoms with Crippen LogP contribution in [0.2, 0.25) is 5.15 Å². The van der Waals surface area contributed by atoms with E-state index in [2.05, 4.69) is 28.7 Å². The van der Waals surface area contributed by atoms with Gasteiger partial charge in [0.1, 0.15) is 5.15 Å². The summed E-state index contributed by atoms with van der Waals surface area (Å²) in [5.74, 6) is -1.09. The number of nitrogens with one attached hydrogen (secondary N) is 1. The van der Waals surface area contributed by atoms with Crippen LogP contribution in [0.4, 0.5) is 0 Å². The van der Waals surface area contributed by atoms with Gasteiger partial charge in [0.05, 0.1) is 11.6 Å². The van der Waals surface area contributed by atoms with Gasteiger partial charge in [-0.2, -0.15) is 0 Å². The number of aromatic carboxylic acids is 1. The first-order chi connectivity index (χ1) is 18.7. The molecule has 0 spiro atoms. The Kier molecular flexibility index (Phi) is 7.22. The van der Waals surface area contributed by atoms with Crippen molar-refractivity contribution >= 4 is 34.4 Å². The van der Waals surface area contributed by atoms with Crippen molar-refractivity contribution < 1.29 is 14.7 Å². The fourth-order valence-corrected chi connectivity index (χ4v) is 5.01. The number of aryl methyl sites for hydroxylation is 1. The molecule has 0 unspecified atom stereocenters. The second-order valence-corrected chi connectivity index (χ2v) is 10.1. The van der Waals surface area contributed by atoms with Crippen molar-refractivity contribution in [1.29, 1.82) is 0 Å². The average Bonchev–Trinajstić information content (AvgIpc) is 3.18. The van der Waals surface area contributed by atoms with E-state index in [0.717, 1.165) is 38.9 Å². The fraction of sp³-hybridized carbons (Fsp3) is 0.156. The summed E-state index contributed by atoms with van der Waals surface area (Å²) in [5, 5.41) is 14.0. The minimum Gasteiger partial charge on any atom is -0.478 e. The summed E-state index contributed by atoms with van der Waals surface area (Å²) in [6.07, 6.45) is 1.67. The Hall–Kier alpha value is -4.42. The highest BCUT2D eigenvalue weighted by Gasteiger charge is 2.17. The van der Waals surface area contributed by atoms with Crippen molar-refractivity contribution in [3.05, 3.63) is 124 Å². The van der Waals surface area contributed by atoms with E-state index in [1.165, 1.54) is 0 Å². The van der Waals surface area contributed by atoms with E-state index < -0.39 is 5.97 Å². The maximum atomic E-state index is 13.0. The van der Waals surface area contributed by atoms with Crippen molar-refractivity contribution in [1.82, 2.24) is 14.9 Å². The van der Waals surface area contributed by atoms with Gasteiger partial charge in [-0.15, -0.1) is 0 Å². The molecule has 5 rings (SSSR count). The number of hydrogen-bond donors (Lipinski definition) is 2. The molecule has 0 aliphatic carbocycles. The Labute approximate surface area is 231 Å². The van der Waals surface area contributed by atoms with Crippen LogP contribution in [0.15, 0.2) is 85.1 Å². The Morgan fingerprint density at radius 1 is 1.00 bits per heavy atom. The molecule has 2 aromatic heterocycles. The third-order valence-corrected chi connectivity index (χ3v) is 7.49. The Morgan fingerprint density at radius 2 is 1.74 bits per heavy atom. The van der Waals surface area contributed by atoms with E-state index in [1.807, 2.05) is 67.6 Å². The first-order valence-corrected chi connectivity index (χ1v) is 13.0. The molecule has 2 heterocycles. The van der Waals surface area contributed by atoms with Gasteiger partial charge in [0, 0.05) is 34.9 Å². The number of halogens is 1. The molecule has 0 aliphatic heterocycles. The van der Waals surface area contributed by atoms with Crippen LogP contribution in [-0.4, -0.2) is 26.5 Å². The highest BCUT2D eigenvalue weighted by atomic mass is 35.5. The summed E-state index contributed by atoms with van der Waals surface area (Å²) in [6, 6.07) is 24.2. The lowest BCUT2D eigenvalue weighted by atomic mass is 9.99. The van der Waals surface area contributed by atoms with Gasteiger partial charge < -0.3 is 15.0 Å². The number of carboxylic acids is 1. The van der Waals surface area contributed by atoms with Gasteiger partial charge in [-0.25, -0.2) is 9.78 Å². The molecule has 6 nitrogen and oxygen atoms in total. The van der Waals surface area contributed by atoms with Crippen molar-refractivity contribution in [3.63, 3.8) is 0 Å². The molecule has 1 amide bonds. The Morgan fingerprint density at radius 3 is 2.44 bits per heavy atom. The molecule has 0 saturated heterocycles. The molecule has 3 aromatic carbocycles. The van der Waals surface area contributed by atoms with Crippen molar-refractivity contribution in [2.24, 2.45) is 0 Å². The number of carbonyl (C=O) groups is 2. The van der Waals surface area contributed by atoms with Crippen LogP contribution in [-0.2, 0) is 6.54 Å². The molecule has 0 saturated carbocycles. The zero-order valence-electron chi connectivity index (χ0n) is 21.9. The third-order valence-electron chi connectivity index (χ3n) is 7.26. The number of carbonyl (C=O) groups excluding carboxylic acids is 1. The number of pyridine rings is 1. The predicted octanol–water partition coefficient (Wildman–Crippen LogP) is 7.21. The van der Waals surface area contributed by atoms with Gasteiger partial charge in [0.2, 0.25) is 0 Å². The van der Waals surface area contributed by atoms with Crippen LogP contribution in [0.1, 0.15) is 56.1 Å². The number of fused-ring (bicyclic) bond motifs is 1. The topological polar surface area (TPSA) is 84.2 Å². The summed E-state index contributed by atoms with van der Waals surface area (Å²) in [5.41, 5.74) is 7.72. The average molecular weight is 538 g/mol. The second kappa shape index (κ2) is 10.8. The van der Waals surface area contributed by atoms with Crippen LogP contribution >= 0.6 is 11.6 Å². The van der Waals surface area contributed by atoms with Crippen LogP contribution in [0.3, 0.4) is 0 Å². The molecular weight excluding hydrogens is 510 g/mol. The molecule has 2 N–H and O–H groups in total. The summed E-state index contributed by atoms with van der Waals surface area (Å²) in [4.78, 5) is 28.8. The van der Waals surface area contributed by atoms with E-state index in [0.29, 0.717) is 22.8 Å². The molecule has 1 atom stereocenters. The van der Waals surface area contributed by atoms with Gasteiger partial charge in [0.25, 0.3) is 5.91 Å². The molecule has 0 aliphatic rings. The summed E-state index contributed by atoms with van der Waals surface area (Å²) in [6.45, 7) is 6.73. The number of nitrogens with zero attached hydrogens (tertiary/aromatic N) is 2. The number of aromatic nitrogens is 2. The smallest absolute Gasteiger partial charge is 0.336 e. The standard InChI is InChI=1S/C32H28ClN3O3/c1-19-21(3)36(18-22-8-10-23(11-9-22)26-6-4-5-7-27(26)32(38)39)29-14-12-24(16-28(19)29)31(37)35-20(2)25-13-15-30(33)34-17-25/h4-17,20H,18H2,1-3H3,(H,35,37)(H,38,39)/t20-/m0/s1. The molecule has 0 radical (unpaired) electrons. The largest absolute Gasteiger partial charge is 0.478 e. The first kappa shape index (κ1) is 26.2. The molecule has 39 heavy (non-hydrogen) atoms. The Balaban J connectivity index is 1.38. The summed E-state index contributed by atoms with van der Waals surface area (Å²) < 4.78 is 2.24. The lowest BCUT2D eigenvalue weighted by Gasteiger charge is -2.14. The highest BCUT2D eigenvalue weighted by Crippen LogP contribution is 2.29. The monoisotopic (exact) mass is 537 g/mol. The number of benzene rings is 3. The number of amides is 1. The minimum absolute atomic E-state index is 0.151. The predicted molar refractivity (Wildman–Crippen MR) is 154 cm³/mol. The number of hydrogen-bond acceptors (Lipinski definition) is 3. The fourth-order valence-electron chi connectivity index (χ4n) is 4.90. The van der Waals surface area contributed by atoms with Crippen molar-refractivity contribution in [2.45, 2.75) is 33.4 Å². The van der Waals surface area contributed by atoms with E-state index in [-0.39, 0.29) is 17.5 Å². The summed E-state index contributed by atoms with van der Waals surface area (Å²) in [7, 11) is 0. The lowest BCUT2D eigenvalue weighted by molar-refractivity contribution is 0.0697. The normalized spacial score (nSPS) is 11.9. The van der Waals surface area contributed by atoms with Crippen molar-refractivity contribution in [3.8, 4) is 11.1 Å². The third kappa shape index (κ3) is 5.29. The lowest BCUT2D eigenvalue weighted by Crippen LogP contribution is -2.26. The highest BCUT2D eigenvalue weighted by molar-refractivity contribution is 6.29. The van der Waals surface area contributed by atoms with Crippen LogP contribution in [0, 0.1) is 13.8 Å². The van der Waals surface area contributed by atoms with Crippen molar-refractivity contribution in [2.75, 3.05) is 0 Å². The maximum Gasteiger partial charge on any atom is 0.336 e. The van der Waals surface area contributed by atoms with E-state index in [9.17, 15) is 14.7 Å². The van der Waals surface area contributed by atoms with Gasteiger partial charge in [-0.3, -0.25) is 4.79 Å². The Bertz CT molecular complexity index is 1690. The maximum absolute atomic E-state index is 13.0. The van der Waals surface area contributed by atoms with Gasteiger partial charge in [-0.1, -0.05) is 60.1 Å². The molecular formula is C32H28ClN3O3. The zero-order chi connectivity index (χ0) is 27.7. The number of carboxylic acid groups (broad SMARTS) is 1. The quantitative estimate of drug-likeness (QED) is 0.215. The molecule has 196 valence electrons. The van der Waals surface area contributed by atoms with E-state index in [1.54, 1.807) is 24.4 Å². The molecule has 7 heteroatoms. The minimum atomic E-state index is -0.941. The second-order valence-electron chi connectivity index (χ2n) is 9.69. The zero-order valence-corrected chi connectivity index (χ0v) is 22.7. The van der Waals surface area contributed by atoms with Crippen LogP contribution in [0.5, 0.6) is 0 Å². The van der Waals surface area contributed by atoms with Crippen LogP contribution < -0.4 is 5.32 Å². The molecule has 5 aromatic rings. The van der Waals surface area contributed by atoms with Gasteiger partial charge in [-0.05, 0) is 78.9 Å². The molecule has 0 bridgehead atoms. The van der Waals surface area contributed by atoms with Crippen LogP contribution in [0.25, 0.3) is 22.0 Å². The van der Waals surface area contributed by atoms with Gasteiger partial charge >= 0.3 is 5.97 Å². The van der Waals surface area contributed by atoms with E-state index in [4.69, 9.17) is 11.6 Å². The van der Waals surface area contributed by atoms with E-state index >= 15 is 0 Å².